The number of guanidine groups is 1. The highest BCUT2D eigenvalue weighted by molar-refractivity contribution is 5.80. The molecule has 6 heteroatoms. The number of benzene rings is 1. The first kappa shape index (κ1) is 18.5. The van der Waals surface area contributed by atoms with Crippen LogP contribution in [0, 0.1) is 0 Å². The first-order valence-corrected chi connectivity index (χ1v) is 9.79. The molecule has 0 atom stereocenters. The van der Waals surface area contributed by atoms with Gasteiger partial charge in [0.05, 0.1) is 0 Å². The molecule has 0 bridgehead atoms. The van der Waals surface area contributed by atoms with Crippen molar-refractivity contribution in [3.63, 3.8) is 0 Å². The molecule has 2 aliphatic rings. The fraction of sp³-hybridized carbons (Fsp3) is 0.600. The van der Waals surface area contributed by atoms with E-state index in [4.69, 9.17) is 9.73 Å². The Morgan fingerprint density at radius 1 is 1.23 bits per heavy atom. The molecule has 1 saturated heterocycles. The van der Waals surface area contributed by atoms with Crippen molar-refractivity contribution in [3.05, 3.63) is 29.8 Å². The Bertz CT molecular complexity index is 605. The Morgan fingerprint density at radius 3 is 2.62 bits per heavy atom. The minimum absolute atomic E-state index is 0.0382. The number of carbonyl (C=O) groups is 1. The predicted molar refractivity (Wildman–Crippen MR) is 104 cm³/mol. The average Bonchev–Trinajstić information content (AvgIpc) is 3.29. The van der Waals surface area contributed by atoms with Crippen LogP contribution in [-0.4, -0.2) is 55.6 Å². The van der Waals surface area contributed by atoms with Crippen molar-refractivity contribution in [3.8, 4) is 5.75 Å². The molecule has 26 heavy (non-hydrogen) atoms. The van der Waals surface area contributed by atoms with Crippen LogP contribution in [-0.2, 0) is 11.2 Å². The van der Waals surface area contributed by atoms with E-state index in [0.29, 0.717) is 6.04 Å². The number of hydrogen-bond donors (Lipinski definition) is 2. The van der Waals surface area contributed by atoms with Gasteiger partial charge in [0.25, 0.3) is 5.91 Å². The van der Waals surface area contributed by atoms with Crippen LogP contribution in [0.25, 0.3) is 0 Å². The summed E-state index contributed by atoms with van der Waals surface area (Å²) in [6.07, 6.45) is 5.59. The SMILES string of the molecule is CCNC(=NCCc1ccc(OCC(=O)NC2CC2)cc1)N1CCCC1. The molecule has 1 aliphatic heterocycles. The van der Waals surface area contributed by atoms with Crippen molar-refractivity contribution in [1.29, 1.82) is 0 Å². The second-order valence-electron chi connectivity index (χ2n) is 6.95. The van der Waals surface area contributed by atoms with E-state index in [2.05, 4.69) is 22.5 Å². The van der Waals surface area contributed by atoms with E-state index in [1.165, 1.54) is 18.4 Å². The summed E-state index contributed by atoms with van der Waals surface area (Å²) in [5.41, 5.74) is 1.22. The van der Waals surface area contributed by atoms with Crippen LogP contribution in [0.5, 0.6) is 5.75 Å². The molecule has 1 saturated carbocycles. The second kappa shape index (κ2) is 9.46. The summed E-state index contributed by atoms with van der Waals surface area (Å²) in [4.78, 5) is 18.7. The molecule has 1 aromatic carbocycles. The highest BCUT2D eigenvalue weighted by Gasteiger charge is 2.23. The maximum atomic E-state index is 11.6. The first-order chi connectivity index (χ1) is 12.7. The first-order valence-electron chi connectivity index (χ1n) is 9.79. The van der Waals surface area contributed by atoms with Crippen LogP contribution in [0.3, 0.4) is 0 Å². The van der Waals surface area contributed by atoms with Gasteiger partial charge in [-0.25, -0.2) is 0 Å². The fourth-order valence-electron chi connectivity index (χ4n) is 3.04. The number of carbonyl (C=O) groups excluding carboxylic acids is 1. The van der Waals surface area contributed by atoms with Gasteiger partial charge in [-0.2, -0.15) is 0 Å². The summed E-state index contributed by atoms with van der Waals surface area (Å²) in [5.74, 6) is 1.73. The summed E-state index contributed by atoms with van der Waals surface area (Å²) >= 11 is 0. The van der Waals surface area contributed by atoms with Gasteiger partial charge in [-0.1, -0.05) is 12.1 Å². The van der Waals surface area contributed by atoms with E-state index >= 15 is 0 Å². The van der Waals surface area contributed by atoms with Gasteiger partial charge in [0.1, 0.15) is 5.75 Å². The number of nitrogens with zero attached hydrogens (tertiary/aromatic N) is 2. The number of aliphatic imine (C=N–C) groups is 1. The zero-order valence-corrected chi connectivity index (χ0v) is 15.7. The molecular formula is C20H30N4O2. The molecule has 2 N–H and O–H groups in total. The van der Waals surface area contributed by atoms with E-state index in [0.717, 1.165) is 57.2 Å². The third-order valence-corrected chi connectivity index (χ3v) is 4.64. The zero-order valence-electron chi connectivity index (χ0n) is 15.7. The van der Waals surface area contributed by atoms with E-state index in [-0.39, 0.29) is 12.5 Å². The summed E-state index contributed by atoms with van der Waals surface area (Å²) < 4.78 is 5.54. The van der Waals surface area contributed by atoms with Crippen LogP contribution in [0.4, 0.5) is 0 Å². The number of ether oxygens (including phenoxy) is 1. The van der Waals surface area contributed by atoms with E-state index in [9.17, 15) is 4.79 Å². The van der Waals surface area contributed by atoms with Gasteiger partial charge in [-0.15, -0.1) is 0 Å². The Hall–Kier alpha value is -2.24. The molecule has 0 aromatic heterocycles. The van der Waals surface area contributed by atoms with Crippen molar-refractivity contribution in [1.82, 2.24) is 15.5 Å². The standard InChI is InChI=1S/C20H30N4O2/c1-2-21-20(24-13-3-4-14-24)22-12-11-16-5-9-18(10-6-16)26-15-19(25)23-17-7-8-17/h5-6,9-10,17H,2-4,7-8,11-15H2,1H3,(H,21,22)(H,23,25). The van der Waals surface area contributed by atoms with Crippen LogP contribution in [0.1, 0.15) is 38.2 Å². The van der Waals surface area contributed by atoms with Crippen LogP contribution in [0.2, 0.25) is 0 Å². The van der Waals surface area contributed by atoms with E-state index in [1.807, 2.05) is 24.3 Å². The zero-order chi connectivity index (χ0) is 18.2. The Labute approximate surface area is 156 Å². The van der Waals surface area contributed by atoms with Crippen molar-refractivity contribution >= 4 is 11.9 Å². The molecule has 142 valence electrons. The molecule has 1 heterocycles. The van der Waals surface area contributed by atoms with Gasteiger partial charge in [0.15, 0.2) is 12.6 Å². The van der Waals surface area contributed by atoms with Crippen molar-refractivity contribution in [2.45, 2.75) is 45.1 Å². The molecule has 6 nitrogen and oxygen atoms in total. The van der Waals surface area contributed by atoms with Gasteiger partial charge in [-0.3, -0.25) is 9.79 Å². The number of hydrogen-bond acceptors (Lipinski definition) is 3. The van der Waals surface area contributed by atoms with Gasteiger partial charge in [0.2, 0.25) is 0 Å². The summed E-state index contributed by atoms with van der Waals surface area (Å²) in [6, 6.07) is 8.32. The molecule has 1 aromatic rings. The summed E-state index contributed by atoms with van der Waals surface area (Å²) in [5, 5.41) is 6.30. The monoisotopic (exact) mass is 358 g/mol. The summed E-state index contributed by atoms with van der Waals surface area (Å²) in [7, 11) is 0. The highest BCUT2D eigenvalue weighted by Crippen LogP contribution is 2.18. The Morgan fingerprint density at radius 2 is 1.96 bits per heavy atom. The van der Waals surface area contributed by atoms with Gasteiger partial charge in [-0.05, 0) is 56.7 Å². The van der Waals surface area contributed by atoms with Crippen LogP contribution < -0.4 is 15.4 Å². The maximum absolute atomic E-state index is 11.6. The smallest absolute Gasteiger partial charge is 0.258 e. The minimum atomic E-state index is -0.0382. The van der Waals surface area contributed by atoms with Gasteiger partial charge in [0, 0.05) is 32.2 Å². The van der Waals surface area contributed by atoms with Crippen molar-refractivity contribution in [2.75, 3.05) is 32.8 Å². The lowest BCUT2D eigenvalue weighted by atomic mass is 10.1. The fourth-order valence-corrected chi connectivity index (χ4v) is 3.04. The second-order valence-corrected chi connectivity index (χ2v) is 6.95. The van der Waals surface area contributed by atoms with Crippen molar-refractivity contribution in [2.24, 2.45) is 4.99 Å². The van der Waals surface area contributed by atoms with Gasteiger partial charge < -0.3 is 20.3 Å². The maximum Gasteiger partial charge on any atom is 0.258 e. The number of rotatable bonds is 8. The number of nitrogens with one attached hydrogen (secondary N) is 2. The van der Waals surface area contributed by atoms with E-state index < -0.39 is 0 Å². The third-order valence-electron chi connectivity index (χ3n) is 4.64. The van der Waals surface area contributed by atoms with Crippen LogP contribution >= 0.6 is 0 Å². The lowest BCUT2D eigenvalue weighted by molar-refractivity contribution is -0.123. The third kappa shape index (κ3) is 5.93. The average molecular weight is 358 g/mol. The number of likely N-dealkylation sites (tertiary alicyclic amines) is 1. The molecule has 0 radical (unpaired) electrons. The Balaban J connectivity index is 1.42. The molecule has 0 unspecified atom stereocenters. The molecule has 1 amide bonds. The quantitative estimate of drug-likeness (QED) is 0.551. The Kier molecular flexibility index (Phi) is 6.75. The normalized spacial score (nSPS) is 17.3. The van der Waals surface area contributed by atoms with Crippen molar-refractivity contribution < 1.29 is 9.53 Å². The highest BCUT2D eigenvalue weighted by atomic mass is 16.5. The lowest BCUT2D eigenvalue weighted by Crippen LogP contribution is -2.39. The molecule has 1 aliphatic carbocycles. The molecule has 2 fully saturated rings. The minimum Gasteiger partial charge on any atom is -0.484 e. The number of amides is 1. The predicted octanol–water partition coefficient (Wildman–Crippen LogP) is 1.95. The largest absolute Gasteiger partial charge is 0.484 e. The van der Waals surface area contributed by atoms with Gasteiger partial charge >= 0.3 is 0 Å². The molecular weight excluding hydrogens is 328 g/mol. The van der Waals surface area contributed by atoms with Crippen LogP contribution in [0.15, 0.2) is 29.3 Å². The molecule has 0 spiro atoms. The van der Waals surface area contributed by atoms with E-state index in [1.54, 1.807) is 0 Å². The lowest BCUT2D eigenvalue weighted by Gasteiger charge is -2.20. The topological polar surface area (TPSA) is 66.0 Å². The molecule has 3 rings (SSSR count). The summed E-state index contributed by atoms with van der Waals surface area (Å²) in [6.45, 7) is 6.06.